The second-order valence-corrected chi connectivity index (χ2v) is 6.31. The van der Waals surface area contributed by atoms with Crippen LogP contribution in [0.15, 0.2) is 52.1 Å². The molecule has 1 aromatic heterocycles. The highest BCUT2D eigenvalue weighted by Gasteiger charge is 2.31. The molecule has 0 saturated carbocycles. The highest BCUT2D eigenvalue weighted by Crippen LogP contribution is 2.34. The molecule has 3 rings (SSSR count). The first-order chi connectivity index (χ1) is 11.8. The predicted molar refractivity (Wildman–Crippen MR) is 89.8 cm³/mol. The van der Waals surface area contributed by atoms with Gasteiger partial charge in [-0.05, 0) is 30.3 Å². The number of thioether (sulfide) groups is 1. The van der Waals surface area contributed by atoms with Crippen LogP contribution in [0.4, 0.5) is 18.9 Å². The molecule has 1 N–H and O–H groups in total. The lowest BCUT2D eigenvalue weighted by Crippen LogP contribution is -2.15. The Morgan fingerprint density at radius 3 is 2.72 bits per heavy atom. The number of halogens is 4. The van der Waals surface area contributed by atoms with Gasteiger partial charge in [0.1, 0.15) is 5.52 Å². The zero-order valence-electron chi connectivity index (χ0n) is 12.4. The Kier molecular flexibility index (Phi) is 4.91. The van der Waals surface area contributed by atoms with Gasteiger partial charge in [-0.1, -0.05) is 35.5 Å². The molecular weight excluding hydrogens is 377 g/mol. The van der Waals surface area contributed by atoms with E-state index in [0.717, 1.165) is 30.0 Å². The minimum absolute atomic E-state index is 0.0215. The number of hydrogen-bond acceptors (Lipinski definition) is 4. The van der Waals surface area contributed by atoms with E-state index in [1.54, 1.807) is 18.2 Å². The second-order valence-electron chi connectivity index (χ2n) is 4.98. The lowest BCUT2D eigenvalue weighted by Gasteiger charge is -2.11. The number of benzene rings is 2. The fourth-order valence-electron chi connectivity index (χ4n) is 2.02. The maximum Gasteiger partial charge on any atom is 0.416 e. The zero-order valence-corrected chi connectivity index (χ0v) is 14.0. The van der Waals surface area contributed by atoms with E-state index in [4.69, 9.17) is 16.0 Å². The van der Waals surface area contributed by atoms with Crippen molar-refractivity contribution >= 4 is 46.1 Å². The number of carbonyl (C=O) groups is 1. The number of nitrogens with one attached hydrogen (secondary N) is 1. The molecule has 1 amide bonds. The van der Waals surface area contributed by atoms with Gasteiger partial charge in [0.25, 0.3) is 5.22 Å². The summed E-state index contributed by atoms with van der Waals surface area (Å²) < 4.78 is 43.6. The van der Waals surface area contributed by atoms with Crippen molar-refractivity contribution in [3.8, 4) is 0 Å². The fraction of sp³-hybridized carbons (Fsp3) is 0.125. The number of amides is 1. The molecule has 25 heavy (non-hydrogen) atoms. The molecule has 0 aliphatic heterocycles. The molecule has 0 aliphatic rings. The SMILES string of the molecule is O=C(CSc1nc2ccccc2o1)Nc1cc(C(F)(F)F)ccc1Cl. The maximum atomic E-state index is 12.7. The number of aromatic nitrogens is 1. The molecule has 0 unspecified atom stereocenters. The van der Waals surface area contributed by atoms with Crippen molar-refractivity contribution < 1.29 is 22.4 Å². The van der Waals surface area contributed by atoms with E-state index < -0.39 is 17.6 Å². The first kappa shape index (κ1) is 17.6. The molecule has 1 heterocycles. The first-order valence-corrected chi connectivity index (χ1v) is 8.34. The Morgan fingerprint density at radius 2 is 2.00 bits per heavy atom. The average Bonchev–Trinajstić information content (AvgIpc) is 2.97. The summed E-state index contributed by atoms with van der Waals surface area (Å²) in [6.45, 7) is 0. The third-order valence-electron chi connectivity index (χ3n) is 3.17. The van der Waals surface area contributed by atoms with Gasteiger partial charge in [-0.15, -0.1) is 0 Å². The summed E-state index contributed by atoms with van der Waals surface area (Å²) in [5, 5.41) is 2.68. The van der Waals surface area contributed by atoms with Crippen LogP contribution in [-0.4, -0.2) is 16.6 Å². The Hall–Kier alpha value is -2.19. The monoisotopic (exact) mass is 386 g/mol. The molecule has 0 spiro atoms. The van der Waals surface area contributed by atoms with E-state index >= 15 is 0 Å². The van der Waals surface area contributed by atoms with Crippen LogP contribution in [0.25, 0.3) is 11.1 Å². The summed E-state index contributed by atoms with van der Waals surface area (Å²) in [5.74, 6) is -0.604. The molecule has 0 aliphatic carbocycles. The molecule has 3 aromatic rings. The number of fused-ring (bicyclic) bond motifs is 1. The van der Waals surface area contributed by atoms with Gasteiger partial charge in [0.05, 0.1) is 22.0 Å². The van der Waals surface area contributed by atoms with Gasteiger partial charge in [-0.3, -0.25) is 4.79 Å². The molecule has 0 saturated heterocycles. The number of nitrogens with zero attached hydrogens (tertiary/aromatic N) is 1. The fourth-order valence-corrected chi connectivity index (χ4v) is 2.83. The van der Waals surface area contributed by atoms with Crippen LogP contribution >= 0.6 is 23.4 Å². The first-order valence-electron chi connectivity index (χ1n) is 6.98. The molecule has 0 fully saturated rings. The summed E-state index contributed by atoms with van der Waals surface area (Å²) in [6.07, 6.45) is -4.52. The van der Waals surface area contributed by atoms with Crippen LogP contribution in [0.3, 0.4) is 0 Å². The third kappa shape index (κ3) is 4.26. The predicted octanol–water partition coefficient (Wildman–Crippen LogP) is 5.23. The van der Waals surface area contributed by atoms with Crippen molar-refractivity contribution in [3.05, 3.63) is 53.1 Å². The van der Waals surface area contributed by atoms with Crippen LogP contribution < -0.4 is 5.32 Å². The van der Waals surface area contributed by atoms with Crippen molar-refractivity contribution in [1.29, 1.82) is 0 Å². The van der Waals surface area contributed by atoms with Crippen LogP contribution in [-0.2, 0) is 11.0 Å². The Balaban J connectivity index is 1.66. The van der Waals surface area contributed by atoms with E-state index in [-0.39, 0.29) is 16.5 Å². The summed E-state index contributed by atoms with van der Waals surface area (Å²) in [5.41, 5.74) is 0.260. The minimum Gasteiger partial charge on any atom is -0.431 e. The molecule has 2 aromatic carbocycles. The molecule has 0 bridgehead atoms. The van der Waals surface area contributed by atoms with E-state index in [9.17, 15) is 18.0 Å². The van der Waals surface area contributed by atoms with Crippen LogP contribution in [0.1, 0.15) is 5.56 Å². The summed E-state index contributed by atoms with van der Waals surface area (Å²) in [7, 11) is 0. The Morgan fingerprint density at radius 1 is 1.24 bits per heavy atom. The highest BCUT2D eigenvalue weighted by atomic mass is 35.5. The van der Waals surface area contributed by atoms with Gasteiger partial charge >= 0.3 is 6.18 Å². The minimum atomic E-state index is -4.52. The number of para-hydroxylation sites is 2. The van der Waals surface area contributed by atoms with E-state index in [2.05, 4.69) is 10.3 Å². The number of carbonyl (C=O) groups excluding carboxylic acids is 1. The molecule has 0 atom stereocenters. The van der Waals surface area contributed by atoms with Crippen molar-refractivity contribution in [2.45, 2.75) is 11.4 Å². The molecular formula is C16H10ClF3N2O2S. The second kappa shape index (κ2) is 6.97. The molecule has 0 radical (unpaired) electrons. The van der Waals surface area contributed by atoms with E-state index in [1.165, 1.54) is 0 Å². The zero-order chi connectivity index (χ0) is 18.0. The number of rotatable bonds is 4. The van der Waals surface area contributed by atoms with Gasteiger partial charge < -0.3 is 9.73 Å². The van der Waals surface area contributed by atoms with Gasteiger partial charge in [-0.25, -0.2) is 4.98 Å². The van der Waals surface area contributed by atoms with Crippen molar-refractivity contribution in [1.82, 2.24) is 4.98 Å². The van der Waals surface area contributed by atoms with E-state index in [0.29, 0.717) is 16.3 Å². The molecule has 9 heteroatoms. The van der Waals surface area contributed by atoms with Crippen molar-refractivity contribution in [2.75, 3.05) is 11.1 Å². The van der Waals surface area contributed by atoms with Crippen molar-refractivity contribution in [2.24, 2.45) is 0 Å². The number of oxazole rings is 1. The van der Waals surface area contributed by atoms with Crippen LogP contribution in [0.2, 0.25) is 5.02 Å². The third-order valence-corrected chi connectivity index (χ3v) is 4.33. The smallest absolute Gasteiger partial charge is 0.416 e. The van der Waals surface area contributed by atoms with Gasteiger partial charge in [0, 0.05) is 0 Å². The average molecular weight is 387 g/mol. The lowest BCUT2D eigenvalue weighted by atomic mass is 10.2. The topological polar surface area (TPSA) is 55.1 Å². The Bertz CT molecular complexity index is 894. The van der Waals surface area contributed by atoms with Gasteiger partial charge in [-0.2, -0.15) is 13.2 Å². The van der Waals surface area contributed by atoms with Crippen LogP contribution in [0.5, 0.6) is 0 Å². The summed E-state index contributed by atoms with van der Waals surface area (Å²) in [6, 6.07) is 9.86. The highest BCUT2D eigenvalue weighted by molar-refractivity contribution is 7.99. The normalized spacial score (nSPS) is 11.7. The largest absolute Gasteiger partial charge is 0.431 e. The van der Waals surface area contributed by atoms with Crippen molar-refractivity contribution in [3.63, 3.8) is 0 Å². The quantitative estimate of drug-likeness (QED) is 0.624. The number of alkyl halides is 3. The summed E-state index contributed by atoms with van der Waals surface area (Å²) in [4.78, 5) is 16.2. The maximum absolute atomic E-state index is 12.7. The Labute approximate surface area is 149 Å². The number of anilines is 1. The van der Waals surface area contributed by atoms with Gasteiger partial charge in [0.15, 0.2) is 5.58 Å². The lowest BCUT2D eigenvalue weighted by molar-refractivity contribution is -0.137. The van der Waals surface area contributed by atoms with E-state index in [1.807, 2.05) is 6.07 Å². The summed E-state index contributed by atoms with van der Waals surface area (Å²) >= 11 is 6.88. The molecule has 130 valence electrons. The standard InChI is InChI=1S/C16H10ClF3N2O2S/c17-10-6-5-9(16(18,19)20)7-12(10)21-14(23)8-25-15-22-11-3-1-2-4-13(11)24-15/h1-7H,8H2,(H,21,23). The number of hydrogen-bond donors (Lipinski definition) is 1. The van der Waals surface area contributed by atoms with Gasteiger partial charge in [0.2, 0.25) is 5.91 Å². The van der Waals surface area contributed by atoms with Crippen LogP contribution in [0, 0.1) is 0 Å². The molecule has 4 nitrogen and oxygen atoms in total.